The Morgan fingerprint density at radius 3 is 2.77 bits per heavy atom. The smallest absolute Gasteiger partial charge is 0.227 e. The second-order valence-corrected chi connectivity index (χ2v) is 10.7. The fourth-order valence-corrected chi connectivity index (χ4v) is 6.17. The number of carbonyl (C=O) groups is 1. The Morgan fingerprint density at radius 1 is 1.03 bits per heavy atom. The van der Waals surface area contributed by atoms with Gasteiger partial charge >= 0.3 is 0 Å². The molecule has 152 valence electrons. The molecule has 30 heavy (non-hydrogen) atoms. The van der Waals surface area contributed by atoms with Gasteiger partial charge in [0.2, 0.25) is 5.91 Å². The molecule has 0 aliphatic heterocycles. The molecule has 0 bridgehead atoms. The van der Waals surface area contributed by atoms with E-state index in [0.29, 0.717) is 10.0 Å². The maximum Gasteiger partial charge on any atom is 0.227 e. The number of thiazole rings is 1. The molecule has 0 saturated heterocycles. The van der Waals surface area contributed by atoms with E-state index in [1.807, 2.05) is 42.5 Å². The zero-order chi connectivity index (χ0) is 20.7. The van der Waals surface area contributed by atoms with Crippen LogP contribution in [0.3, 0.4) is 0 Å². The molecule has 0 fully saturated rings. The van der Waals surface area contributed by atoms with Gasteiger partial charge in [0.25, 0.3) is 0 Å². The van der Waals surface area contributed by atoms with Crippen molar-refractivity contribution in [3.8, 4) is 0 Å². The van der Waals surface area contributed by atoms with Crippen LogP contribution in [-0.4, -0.2) is 25.1 Å². The topological polar surface area (TPSA) is 76.1 Å². The van der Waals surface area contributed by atoms with Crippen LogP contribution < -0.4 is 5.32 Å². The number of hydrogen-bond donors (Lipinski definition) is 1. The second kappa shape index (κ2) is 7.49. The van der Waals surface area contributed by atoms with Crippen LogP contribution in [0.25, 0.3) is 21.0 Å². The third-order valence-corrected chi connectivity index (χ3v) is 8.21. The lowest BCUT2D eigenvalue weighted by molar-refractivity contribution is -0.115. The Labute approximate surface area is 178 Å². The minimum atomic E-state index is -3.50. The van der Waals surface area contributed by atoms with Crippen molar-refractivity contribution in [1.82, 2.24) is 4.98 Å². The van der Waals surface area contributed by atoms with Crippen LogP contribution in [0.5, 0.6) is 0 Å². The number of carbonyl (C=O) groups excluding carboxylic acids is 1. The van der Waals surface area contributed by atoms with Crippen molar-refractivity contribution in [2.24, 2.45) is 0 Å². The first-order valence-corrected chi connectivity index (χ1v) is 12.4. The molecule has 0 saturated carbocycles. The highest BCUT2D eigenvalue weighted by Gasteiger charge is 2.20. The van der Waals surface area contributed by atoms with Gasteiger partial charge in [-0.2, -0.15) is 0 Å². The summed E-state index contributed by atoms with van der Waals surface area (Å²) in [7, 11) is -3.50. The minimum absolute atomic E-state index is 0.101. The van der Waals surface area contributed by atoms with Crippen LogP contribution >= 0.6 is 11.3 Å². The Hall–Kier alpha value is -2.77. The van der Waals surface area contributed by atoms with Gasteiger partial charge in [-0.3, -0.25) is 4.79 Å². The number of rotatable bonds is 5. The van der Waals surface area contributed by atoms with Crippen molar-refractivity contribution >= 4 is 53.2 Å². The number of nitrogens with zero attached hydrogens (tertiary/aromatic N) is 1. The second-order valence-electron chi connectivity index (χ2n) is 7.55. The zero-order valence-corrected chi connectivity index (χ0v) is 17.9. The van der Waals surface area contributed by atoms with E-state index in [-0.39, 0.29) is 18.1 Å². The van der Waals surface area contributed by atoms with E-state index in [0.717, 1.165) is 45.8 Å². The molecule has 5 nitrogen and oxygen atoms in total. The molecule has 1 amide bonds. The first-order valence-electron chi connectivity index (χ1n) is 9.92. The van der Waals surface area contributed by atoms with E-state index in [2.05, 4.69) is 10.3 Å². The Balaban J connectivity index is 1.29. The lowest BCUT2D eigenvalue weighted by Gasteiger charge is -2.07. The Bertz CT molecular complexity index is 1390. The van der Waals surface area contributed by atoms with Crippen LogP contribution in [-0.2, 0) is 27.5 Å². The summed E-state index contributed by atoms with van der Waals surface area (Å²) in [4.78, 5) is 17.3. The normalized spacial score (nSPS) is 13.6. The fourth-order valence-electron chi connectivity index (χ4n) is 3.98. The monoisotopic (exact) mass is 436 g/mol. The van der Waals surface area contributed by atoms with E-state index in [9.17, 15) is 13.2 Å². The molecule has 3 aromatic carbocycles. The van der Waals surface area contributed by atoms with Gasteiger partial charge in [-0.15, -0.1) is 0 Å². The van der Waals surface area contributed by atoms with E-state index < -0.39 is 9.84 Å². The largest absolute Gasteiger partial charge is 0.302 e. The summed E-state index contributed by atoms with van der Waals surface area (Å²) in [6.07, 6.45) is 2.90. The molecule has 0 spiro atoms. The molecular weight excluding hydrogens is 416 g/mol. The van der Waals surface area contributed by atoms with Crippen LogP contribution in [0.4, 0.5) is 5.13 Å². The molecule has 0 radical (unpaired) electrons. The third-order valence-electron chi connectivity index (χ3n) is 5.56. The average Bonchev–Trinajstić information content (AvgIpc) is 3.38. The van der Waals surface area contributed by atoms with Crippen molar-refractivity contribution in [3.63, 3.8) is 0 Å². The molecule has 5 rings (SSSR count). The first-order chi connectivity index (χ1) is 14.5. The van der Waals surface area contributed by atoms with Gasteiger partial charge in [-0.05, 0) is 54.0 Å². The van der Waals surface area contributed by atoms with E-state index in [1.165, 1.54) is 16.9 Å². The summed E-state index contributed by atoms with van der Waals surface area (Å²) in [5, 5.41) is 5.38. The van der Waals surface area contributed by atoms with E-state index >= 15 is 0 Å². The van der Waals surface area contributed by atoms with Crippen LogP contribution in [0.2, 0.25) is 0 Å². The minimum Gasteiger partial charge on any atom is -0.302 e. The highest BCUT2D eigenvalue weighted by molar-refractivity contribution is 7.91. The van der Waals surface area contributed by atoms with Crippen molar-refractivity contribution in [2.45, 2.75) is 30.6 Å². The van der Waals surface area contributed by atoms with Gasteiger partial charge in [0.05, 0.1) is 20.9 Å². The molecular formula is C23H20N2O3S2. The summed E-state index contributed by atoms with van der Waals surface area (Å²) >= 11 is 1.39. The van der Waals surface area contributed by atoms with Gasteiger partial charge in [-0.25, -0.2) is 13.4 Å². The predicted molar refractivity (Wildman–Crippen MR) is 121 cm³/mol. The summed E-state index contributed by atoms with van der Waals surface area (Å²) < 4.78 is 26.3. The molecule has 1 heterocycles. The van der Waals surface area contributed by atoms with Crippen LogP contribution in [0.1, 0.15) is 24.0 Å². The molecule has 4 aromatic rings. The first kappa shape index (κ1) is 19.2. The maximum atomic E-state index is 12.7. The quantitative estimate of drug-likeness (QED) is 0.490. The number of nitrogens with one attached hydrogen (secondary N) is 1. The fraction of sp³-hybridized carbons (Fsp3) is 0.217. The van der Waals surface area contributed by atoms with Crippen molar-refractivity contribution in [2.75, 3.05) is 11.1 Å². The highest BCUT2D eigenvalue weighted by atomic mass is 32.2. The van der Waals surface area contributed by atoms with Crippen molar-refractivity contribution < 1.29 is 13.2 Å². The molecule has 1 aromatic heterocycles. The van der Waals surface area contributed by atoms with E-state index in [4.69, 9.17) is 0 Å². The number of aromatic nitrogens is 1. The number of hydrogen-bond acceptors (Lipinski definition) is 5. The van der Waals surface area contributed by atoms with Crippen molar-refractivity contribution in [3.05, 3.63) is 65.7 Å². The van der Waals surface area contributed by atoms with Crippen molar-refractivity contribution in [1.29, 1.82) is 0 Å². The highest BCUT2D eigenvalue weighted by Crippen LogP contribution is 2.32. The molecule has 0 unspecified atom stereocenters. The molecule has 0 atom stereocenters. The zero-order valence-electron chi connectivity index (χ0n) is 16.2. The standard InChI is InChI=1S/C23H20N2O3S2/c26-21(12-13-30(27,28)18-10-8-15-5-3-6-17(15)14-18)24-23-25-22-19-7-2-1-4-16(19)9-11-20(22)29-23/h1-2,4,7-11,14H,3,5-6,12-13H2,(H,24,25,26). The number of amides is 1. The van der Waals surface area contributed by atoms with Gasteiger partial charge in [0.1, 0.15) is 0 Å². The Kier molecular flexibility index (Phi) is 4.79. The van der Waals surface area contributed by atoms with Gasteiger partial charge in [0, 0.05) is 11.8 Å². The number of fused-ring (bicyclic) bond motifs is 4. The number of anilines is 1. The molecule has 1 aliphatic carbocycles. The number of aryl methyl sites for hydroxylation is 2. The third kappa shape index (κ3) is 3.59. The predicted octanol–water partition coefficient (Wildman–Crippen LogP) is 4.74. The number of sulfone groups is 1. The maximum absolute atomic E-state index is 12.7. The number of benzene rings is 3. The lowest BCUT2D eigenvalue weighted by atomic mass is 10.1. The summed E-state index contributed by atoms with van der Waals surface area (Å²) in [5.74, 6) is -0.561. The summed E-state index contributed by atoms with van der Waals surface area (Å²) in [6.45, 7) is 0. The van der Waals surface area contributed by atoms with Gasteiger partial charge in [0.15, 0.2) is 15.0 Å². The average molecular weight is 437 g/mol. The van der Waals surface area contributed by atoms with Gasteiger partial charge < -0.3 is 5.32 Å². The SMILES string of the molecule is O=C(CCS(=O)(=O)c1ccc2c(c1)CCC2)Nc1nc2c(ccc3ccccc32)s1. The molecule has 1 aliphatic rings. The van der Waals surface area contributed by atoms with Crippen LogP contribution in [0, 0.1) is 0 Å². The van der Waals surface area contributed by atoms with E-state index in [1.54, 1.807) is 12.1 Å². The lowest BCUT2D eigenvalue weighted by Crippen LogP contribution is -2.17. The Morgan fingerprint density at radius 2 is 1.87 bits per heavy atom. The molecule has 1 N–H and O–H groups in total. The molecule has 7 heteroatoms. The van der Waals surface area contributed by atoms with Gasteiger partial charge in [-0.1, -0.05) is 47.7 Å². The summed E-state index contributed by atoms with van der Waals surface area (Å²) in [5.41, 5.74) is 3.19. The summed E-state index contributed by atoms with van der Waals surface area (Å²) in [6, 6.07) is 17.3. The van der Waals surface area contributed by atoms with Crippen LogP contribution in [0.15, 0.2) is 59.5 Å².